The molecule has 0 spiro atoms. The molecule has 1 fully saturated rings. The Labute approximate surface area is 165 Å². The Morgan fingerprint density at radius 1 is 1.26 bits per heavy atom. The second kappa shape index (κ2) is 8.28. The third kappa shape index (κ3) is 4.60. The molecule has 0 bridgehead atoms. The van der Waals surface area contributed by atoms with Gasteiger partial charge >= 0.3 is 0 Å². The summed E-state index contributed by atoms with van der Waals surface area (Å²) in [5.41, 5.74) is 3.42. The van der Waals surface area contributed by atoms with Crippen LogP contribution in [0.25, 0.3) is 11.3 Å². The van der Waals surface area contributed by atoms with E-state index in [-0.39, 0.29) is 11.5 Å². The van der Waals surface area contributed by atoms with Gasteiger partial charge in [0.1, 0.15) is 17.5 Å². The van der Waals surface area contributed by atoms with Crippen LogP contribution < -0.4 is 5.32 Å². The van der Waals surface area contributed by atoms with Gasteiger partial charge in [0.25, 0.3) is 0 Å². The van der Waals surface area contributed by atoms with Crippen molar-refractivity contribution in [2.75, 3.05) is 24.7 Å². The van der Waals surface area contributed by atoms with E-state index >= 15 is 0 Å². The molecule has 1 aliphatic rings. The Bertz CT molecular complexity index is 831. The molecule has 2 heterocycles. The van der Waals surface area contributed by atoms with Crippen LogP contribution in [-0.2, 0) is 10.2 Å². The average molecular weight is 383 g/mol. The zero-order valence-electron chi connectivity index (χ0n) is 16.4. The summed E-state index contributed by atoms with van der Waals surface area (Å²) in [6.45, 7) is 8.02. The lowest BCUT2D eigenvalue weighted by molar-refractivity contribution is 0.120. The van der Waals surface area contributed by atoms with Crippen molar-refractivity contribution in [1.29, 1.82) is 5.26 Å². The van der Waals surface area contributed by atoms with Crippen LogP contribution in [0.4, 0.5) is 5.82 Å². The van der Waals surface area contributed by atoms with E-state index < -0.39 is 0 Å². The van der Waals surface area contributed by atoms with Crippen LogP contribution in [-0.4, -0.2) is 35.5 Å². The minimum Gasteiger partial charge on any atom is -0.376 e. The zero-order valence-corrected chi connectivity index (χ0v) is 17.2. The van der Waals surface area contributed by atoms with Crippen molar-refractivity contribution in [2.24, 2.45) is 0 Å². The molecule has 0 radical (unpaired) electrons. The summed E-state index contributed by atoms with van der Waals surface area (Å²) < 4.78 is 5.67. The van der Waals surface area contributed by atoms with E-state index in [0.717, 1.165) is 25.0 Å². The third-order valence-corrected chi connectivity index (χ3v) is 5.28. The largest absolute Gasteiger partial charge is 0.376 e. The molecule has 6 heteroatoms. The fourth-order valence-electron chi connectivity index (χ4n) is 3.12. The molecule has 27 heavy (non-hydrogen) atoms. The number of thioether (sulfide) groups is 1. The number of nitriles is 1. The fraction of sp³-hybridized carbons (Fsp3) is 0.476. The first kappa shape index (κ1) is 19.7. The molecule has 1 aliphatic heterocycles. The third-order valence-electron chi connectivity index (χ3n) is 4.73. The van der Waals surface area contributed by atoms with Crippen LogP contribution >= 0.6 is 11.8 Å². The highest BCUT2D eigenvalue weighted by atomic mass is 32.2. The van der Waals surface area contributed by atoms with E-state index in [2.05, 4.69) is 54.3 Å². The number of anilines is 1. The molecule has 0 saturated carbocycles. The highest BCUT2D eigenvalue weighted by Gasteiger charge is 2.20. The predicted molar refractivity (Wildman–Crippen MR) is 110 cm³/mol. The molecule has 1 atom stereocenters. The van der Waals surface area contributed by atoms with Gasteiger partial charge < -0.3 is 10.1 Å². The summed E-state index contributed by atoms with van der Waals surface area (Å²) in [5.74, 6) is 0.585. The topological polar surface area (TPSA) is 70.8 Å². The Morgan fingerprint density at radius 3 is 2.56 bits per heavy atom. The van der Waals surface area contributed by atoms with Crippen molar-refractivity contribution < 1.29 is 4.74 Å². The standard InChI is InChI=1S/C21H26N4OS/c1-21(2,3)15-9-7-14(8-10-15)18-17(12-22)19(25-20(24-18)27-4)23-13-16-6-5-11-26-16/h7-10,16H,5-6,11,13H2,1-4H3,(H,23,24,25)/t16-/m1/s1. The van der Waals surface area contributed by atoms with Crippen LogP contribution in [0, 0.1) is 11.3 Å². The number of rotatable bonds is 5. The maximum absolute atomic E-state index is 9.79. The lowest BCUT2D eigenvalue weighted by atomic mass is 9.86. The Kier molecular flexibility index (Phi) is 6.03. The molecular weight excluding hydrogens is 356 g/mol. The lowest BCUT2D eigenvalue weighted by Crippen LogP contribution is -2.20. The summed E-state index contributed by atoms with van der Waals surface area (Å²) in [4.78, 5) is 9.15. The summed E-state index contributed by atoms with van der Waals surface area (Å²) >= 11 is 1.47. The Morgan fingerprint density at radius 2 is 2.00 bits per heavy atom. The van der Waals surface area contributed by atoms with E-state index in [1.807, 2.05) is 18.4 Å². The number of ether oxygens (including phenoxy) is 1. The monoisotopic (exact) mass is 382 g/mol. The summed E-state index contributed by atoms with van der Waals surface area (Å²) in [6.07, 6.45) is 4.25. The Balaban J connectivity index is 1.96. The van der Waals surface area contributed by atoms with Gasteiger partial charge in [-0.25, -0.2) is 9.97 Å². The molecular formula is C21H26N4OS. The molecule has 0 aliphatic carbocycles. The smallest absolute Gasteiger partial charge is 0.189 e. The van der Waals surface area contributed by atoms with E-state index in [4.69, 9.17) is 4.74 Å². The molecule has 1 aromatic heterocycles. The lowest BCUT2D eigenvalue weighted by Gasteiger charge is -2.19. The average Bonchev–Trinajstić information content (AvgIpc) is 3.18. The molecule has 5 nitrogen and oxygen atoms in total. The van der Waals surface area contributed by atoms with E-state index in [0.29, 0.717) is 28.8 Å². The van der Waals surface area contributed by atoms with Gasteiger partial charge in [0, 0.05) is 18.7 Å². The zero-order chi connectivity index (χ0) is 19.4. The molecule has 0 unspecified atom stereocenters. The predicted octanol–water partition coefficient (Wildman–Crippen LogP) is 4.63. The molecule has 1 saturated heterocycles. The number of nitrogens with zero attached hydrogens (tertiary/aromatic N) is 3. The molecule has 0 amide bonds. The number of nitrogens with one attached hydrogen (secondary N) is 1. The fourth-order valence-corrected chi connectivity index (χ4v) is 3.48. The first-order valence-electron chi connectivity index (χ1n) is 9.25. The number of hydrogen-bond donors (Lipinski definition) is 1. The van der Waals surface area contributed by atoms with Crippen molar-refractivity contribution in [3.05, 3.63) is 35.4 Å². The van der Waals surface area contributed by atoms with Crippen molar-refractivity contribution in [3.63, 3.8) is 0 Å². The molecule has 1 aromatic carbocycles. The van der Waals surface area contributed by atoms with Crippen molar-refractivity contribution in [3.8, 4) is 17.3 Å². The summed E-state index contributed by atoms with van der Waals surface area (Å²) in [5, 5.41) is 13.8. The highest BCUT2D eigenvalue weighted by Crippen LogP contribution is 2.30. The van der Waals surface area contributed by atoms with Gasteiger partial charge in [0.2, 0.25) is 0 Å². The second-order valence-electron chi connectivity index (χ2n) is 7.74. The maximum Gasteiger partial charge on any atom is 0.189 e. The van der Waals surface area contributed by atoms with Gasteiger partial charge in [-0.15, -0.1) is 0 Å². The Hall–Kier alpha value is -2.10. The molecule has 1 N–H and O–H groups in total. The van der Waals surface area contributed by atoms with Crippen LogP contribution in [0.1, 0.15) is 44.7 Å². The quantitative estimate of drug-likeness (QED) is 0.601. The van der Waals surface area contributed by atoms with Gasteiger partial charge in [-0.05, 0) is 30.1 Å². The van der Waals surface area contributed by atoms with Crippen LogP contribution in [0.15, 0.2) is 29.4 Å². The summed E-state index contributed by atoms with van der Waals surface area (Å²) in [7, 11) is 0. The minimum atomic E-state index is 0.0840. The summed E-state index contributed by atoms with van der Waals surface area (Å²) in [6, 6.07) is 10.6. The number of benzene rings is 1. The minimum absolute atomic E-state index is 0.0840. The molecule has 2 aromatic rings. The van der Waals surface area contributed by atoms with Gasteiger partial charge in [0.15, 0.2) is 5.16 Å². The maximum atomic E-state index is 9.79. The normalized spacial score (nSPS) is 16.9. The van der Waals surface area contributed by atoms with E-state index in [9.17, 15) is 5.26 Å². The molecule has 142 valence electrons. The number of aromatic nitrogens is 2. The van der Waals surface area contributed by atoms with Crippen LogP contribution in [0.5, 0.6) is 0 Å². The van der Waals surface area contributed by atoms with Crippen LogP contribution in [0.3, 0.4) is 0 Å². The van der Waals surface area contributed by atoms with Gasteiger partial charge in [0.05, 0.1) is 11.8 Å². The van der Waals surface area contributed by atoms with Gasteiger partial charge in [-0.3, -0.25) is 0 Å². The highest BCUT2D eigenvalue weighted by molar-refractivity contribution is 7.98. The SMILES string of the molecule is CSc1nc(NC[C@H]2CCCO2)c(C#N)c(-c2ccc(C(C)(C)C)cc2)n1. The van der Waals surface area contributed by atoms with Gasteiger partial charge in [-0.1, -0.05) is 56.8 Å². The van der Waals surface area contributed by atoms with Gasteiger partial charge in [-0.2, -0.15) is 5.26 Å². The van der Waals surface area contributed by atoms with Crippen LogP contribution in [0.2, 0.25) is 0 Å². The van der Waals surface area contributed by atoms with Crippen molar-refractivity contribution in [1.82, 2.24) is 9.97 Å². The number of hydrogen-bond acceptors (Lipinski definition) is 6. The van der Waals surface area contributed by atoms with Crippen molar-refractivity contribution >= 4 is 17.6 Å². The first-order valence-corrected chi connectivity index (χ1v) is 10.5. The van der Waals surface area contributed by atoms with E-state index in [1.165, 1.54) is 17.3 Å². The first-order chi connectivity index (χ1) is 12.9. The van der Waals surface area contributed by atoms with Crippen molar-refractivity contribution in [2.45, 2.75) is 50.3 Å². The molecule has 3 rings (SSSR count). The second-order valence-corrected chi connectivity index (χ2v) is 8.51. The van der Waals surface area contributed by atoms with E-state index in [1.54, 1.807) is 0 Å².